The molecule has 1 fully saturated rings. The fourth-order valence-electron chi connectivity index (χ4n) is 4.48. The zero-order valence-electron chi connectivity index (χ0n) is 20.4. The highest BCUT2D eigenvalue weighted by Gasteiger charge is 2.33. The van der Waals surface area contributed by atoms with Gasteiger partial charge >= 0.3 is 24.3 Å². The first-order valence-electron chi connectivity index (χ1n) is 11.7. The minimum Gasteiger partial charge on any atom is -0.401 e. The summed E-state index contributed by atoms with van der Waals surface area (Å²) in [7, 11) is 1.35. The molecule has 0 unspecified atom stereocenters. The molecule has 10 nitrogen and oxygen atoms in total. The number of aromatic nitrogens is 5. The van der Waals surface area contributed by atoms with Crippen molar-refractivity contribution in [3.63, 3.8) is 0 Å². The van der Waals surface area contributed by atoms with Gasteiger partial charge in [-0.05, 0) is 47.9 Å². The van der Waals surface area contributed by atoms with E-state index in [0.717, 1.165) is 25.9 Å². The number of pyridine rings is 2. The van der Waals surface area contributed by atoms with E-state index in [9.17, 15) is 18.4 Å². The zero-order valence-corrected chi connectivity index (χ0v) is 22.0. The standard InChI is InChI=1S/C25H22BrF2N7O3/c1-3-17-18(8-10-30-21(17)34-12-11-33(25(34)37)16-5-4-9-29-14-16)19-7-6-15(13-20(19)26)35-23(38-22(27)28)31-32(2)24(35)36/h4-10,13-14,22H,3,11-12H2,1-2H3. The van der Waals surface area contributed by atoms with Gasteiger partial charge in [0.05, 0.1) is 17.6 Å². The summed E-state index contributed by atoms with van der Waals surface area (Å²) in [5, 5.41) is 3.75. The van der Waals surface area contributed by atoms with E-state index in [1.54, 1.807) is 52.7 Å². The molecule has 38 heavy (non-hydrogen) atoms. The molecule has 0 atom stereocenters. The number of rotatable bonds is 7. The van der Waals surface area contributed by atoms with Gasteiger partial charge in [0.1, 0.15) is 5.82 Å². The maximum absolute atomic E-state index is 13.3. The van der Waals surface area contributed by atoms with E-state index in [2.05, 4.69) is 35.7 Å². The molecule has 1 aliphatic heterocycles. The van der Waals surface area contributed by atoms with Gasteiger partial charge < -0.3 is 4.74 Å². The van der Waals surface area contributed by atoms with Gasteiger partial charge in [-0.25, -0.2) is 23.8 Å². The normalized spacial score (nSPS) is 13.6. The Morgan fingerprint density at radius 1 is 1.05 bits per heavy atom. The second kappa shape index (κ2) is 10.3. The summed E-state index contributed by atoms with van der Waals surface area (Å²) in [6, 6.07) is 9.77. The Hall–Kier alpha value is -4.13. The van der Waals surface area contributed by atoms with Crippen LogP contribution in [0.5, 0.6) is 6.01 Å². The van der Waals surface area contributed by atoms with E-state index in [1.165, 1.54) is 7.05 Å². The lowest BCUT2D eigenvalue weighted by Crippen LogP contribution is -2.33. The summed E-state index contributed by atoms with van der Waals surface area (Å²) in [5.74, 6) is 0.563. The Morgan fingerprint density at radius 2 is 1.84 bits per heavy atom. The van der Waals surface area contributed by atoms with Crippen LogP contribution in [0.4, 0.5) is 25.1 Å². The quantitative estimate of drug-likeness (QED) is 0.319. The molecule has 5 rings (SSSR count). The van der Waals surface area contributed by atoms with Crippen molar-refractivity contribution in [1.29, 1.82) is 0 Å². The Bertz CT molecular complexity index is 1560. The first-order valence-corrected chi connectivity index (χ1v) is 12.5. The molecule has 196 valence electrons. The Balaban J connectivity index is 1.52. The molecule has 13 heteroatoms. The molecule has 2 amide bonds. The number of halogens is 3. The van der Waals surface area contributed by atoms with Crippen LogP contribution in [0.3, 0.4) is 0 Å². The molecule has 0 bridgehead atoms. The summed E-state index contributed by atoms with van der Waals surface area (Å²) in [6.07, 6.45) is 5.54. The van der Waals surface area contributed by atoms with Crippen molar-refractivity contribution in [2.75, 3.05) is 22.9 Å². The Kier molecular flexibility index (Phi) is 6.93. The third kappa shape index (κ3) is 4.53. The van der Waals surface area contributed by atoms with Crippen LogP contribution < -0.4 is 20.2 Å². The van der Waals surface area contributed by atoms with Gasteiger partial charge in [0.2, 0.25) is 0 Å². The lowest BCUT2D eigenvalue weighted by Gasteiger charge is -2.22. The first-order chi connectivity index (χ1) is 18.3. The van der Waals surface area contributed by atoms with Gasteiger partial charge in [0.25, 0.3) is 0 Å². The van der Waals surface area contributed by atoms with Gasteiger partial charge in [-0.2, -0.15) is 8.78 Å². The van der Waals surface area contributed by atoms with Crippen molar-refractivity contribution in [3.05, 3.63) is 75.5 Å². The zero-order chi connectivity index (χ0) is 27.0. The number of ether oxygens (including phenoxy) is 1. The van der Waals surface area contributed by atoms with E-state index in [0.29, 0.717) is 41.2 Å². The van der Waals surface area contributed by atoms with Crippen LogP contribution in [0, 0.1) is 0 Å². The maximum atomic E-state index is 13.3. The van der Waals surface area contributed by atoms with E-state index < -0.39 is 18.3 Å². The number of carbonyl (C=O) groups is 1. The van der Waals surface area contributed by atoms with Crippen LogP contribution in [0.2, 0.25) is 0 Å². The van der Waals surface area contributed by atoms with Crippen LogP contribution in [0.25, 0.3) is 16.8 Å². The third-order valence-electron chi connectivity index (χ3n) is 6.20. The minimum atomic E-state index is -3.14. The van der Waals surface area contributed by atoms with E-state index in [1.807, 2.05) is 19.1 Å². The highest BCUT2D eigenvalue weighted by Crippen LogP contribution is 2.37. The number of anilines is 2. The average molecular weight is 586 g/mol. The van der Waals surface area contributed by atoms with Crippen LogP contribution in [-0.4, -0.2) is 50.0 Å². The number of carbonyl (C=O) groups excluding carboxylic acids is 1. The second-order valence-electron chi connectivity index (χ2n) is 8.38. The van der Waals surface area contributed by atoms with Gasteiger partial charge in [-0.3, -0.25) is 14.8 Å². The van der Waals surface area contributed by atoms with Crippen molar-refractivity contribution in [2.45, 2.75) is 20.0 Å². The Morgan fingerprint density at radius 3 is 2.53 bits per heavy atom. The predicted molar refractivity (Wildman–Crippen MR) is 140 cm³/mol. The summed E-state index contributed by atoms with van der Waals surface area (Å²) < 4.78 is 32.7. The fourth-order valence-corrected chi connectivity index (χ4v) is 5.06. The highest BCUT2D eigenvalue weighted by molar-refractivity contribution is 9.10. The smallest absolute Gasteiger partial charge is 0.389 e. The summed E-state index contributed by atoms with van der Waals surface area (Å²) in [6.45, 7) is -0.188. The van der Waals surface area contributed by atoms with Gasteiger partial charge in [-0.15, -0.1) is 5.10 Å². The van der Waals surface area contributed by atoms with Crippen molar-refractivity contribution in [1.82, 2.24) is 24.3 Å². The third-order valence-corrected chi connectivity index (χ3v) is 6.86. The van der Waals surface area contributed by atoms with E-state index in [-0.39, 0.29) is 6.03 Å². The molecule has 4 heterocycles. The summed E-state index contributed by atoms with van der Waals surface area (Å²) >= 11 is 3.56. The molecule has 1 aliphatic rings. The number of urea groups is 1. The van der Waals surface area contributed by atoms with Crippen LogP contribution in [0.15, 0.2) is 64.3 Å². The lowest BCUT2D eigenvalue weighted by atomic mass is 9.98. The number of benzene rings is 1. The largest absolute Gasteiger partial charge is 0.401 e. The number of amides is 2. The van der Waals surface area contributed by atoms with Crippen LogP contribution >= 0.6 is 15.9 Å². The number of nitrogens with zero attached hydrogens (tertiary/aromatic N) is 7. The molecule has 3 aromatic heterocycles. The van der Waals surface area contributed by atoms with Crippen LogP contribution in [0.1, 0.15) is 12.5 Å². The molecular weight excluding hydrogens is 564 g/mol. The molecule has 0 N–H and O–H groups in total. The SMILES string of the molecule is CCc1c(-c2ccc(-n3c(OC(F)F)nn(C)c3=O)cc2Br)ccnc1N1CCN(c2cccnc2)C1=O. The lowest BCUT2D eigenvalue weighted by molar-refractivity contribution is -0.0575. The number of hydrogen-bond donors (Lipinski definition) is 0. The highest BCUT2D eigenvalue weighted by atomic mass is 79.9. The van der Waals surface area contributed by atoms with Gasteiger partial charge in [-0.1, -0.05) is 28.9 Å². The molecule has 0 spiro atoms. The number of alkyl halides is 2. The number of hydrogen-bond acceptors (Lipinski definition) is 6. The fraction of sp³-hybridized carbons (Fsp3) is 0.240. The van der Waals surface area contributed by atoms with Crippen molar-refractivity contribution in [3.8, 4) is 22.8 Å². The topological polar surface area (TPSA) is 98.4 Å². The molecular formula is C25H22BrF2N7O3. The number of aryl methyl sites for hydroxylation is 1. The summed E-state index contributed by atoms with van der Waals surface area (Å²) in [4.78, 5) is 37.8. The monoisotopic (exact) mass is 585 g/mol. The summed E-state index contributed by atoms with van der Waals surface area (Å²) in [5.41, 5.74) is 2.86. The first kappa shape index (κ1) is 25.5. The second-order valence-corrected chi connectivity index (χ2v) is 9.23. The van der Waals surface area contributed by atoms with Crippen molar-refractivity contribution >= 4 is 33.5 Å². The molecule has 0 saturated carbocycles. The molecule has 0 radical (unpaired) electrons. The van der Waals surface area contributed by atoms with Crippen LogP contribution in [-0.2, 0) is 13.5 Å². The van der Waals surface area contributed by atoms with Gasteiger partial charge in [0, 0.05) is 42.6 Å². The maximum Gasteiger partial charge on any atom is 0.389 e. The van der Waals surface area contributed by atoms with E-state index >= 15 is 0 Å². The van der Waals surface area contributed by atoms with Crippen molar-refractivity contribution in [2.24, 2.45) is 7.05 Å². The molecule has 1 saturated heterocycles. The average Bonchev–Trinajstić information content (AvgIpc) is 3.41. The minimum absolute atomic E-state index is 0.186. The molecule has 4 aromatic rings. The van der Waals surface area contributed by atoms with Crippen molar-refractivity contribution < 1.29 is 18.3 Å². The predicted octanol–water partition coefficient (Wildman–Crippen LogP) is 4.40. The molecule has 1 aromatic carbocycles. The Labute approximate surface area is 224 Å². The van der Waals surface area contributed by atoms with Gasteiger partial charge in [0.15, 0.2) is 0 Å². The van der Waals surface area contributed by atoms with E-state index in [4.69, 9.17) is 0 Å². The molecule has 0 aliphatic carbocycles.